The van der Waals surface area contributed by atoms with Gasteiger partial charge >= 0.3 is 0 Å². The molecule has 90 valence electrons. The summed E-state index contributed by atoms with van der Waals surface area (Å²) in [6.07, 6.45) is 1.73. The highest BCUT2D eigenvalue weighted by Gasteiger charge is 2.16. The predicted octanol–water partition coefficient (Wildman–Crippen LogP) is 4.16. The van der Waals surface area contributed by atoms with Gasteiger partial charge in [0.2, 0.25) is 0 Å². The van der Waals surface area contributed by atoms with E-state index < -0.39 is 11.6 Å². The maximum Gasteiger partial charge on any atom is 0.173 e. The Morgan fingerprint density at radius 2 is 1.88 bits per heavy atom. The van der Waals surface area contributed by atoms with Crippen LogP contribution >= 0.6 is 15.9 Å². The second kappa shape index (κ2) is 5.73. The number of hydrogen-bond acceptors (Lipinski definition) is 1. The quantitative estimate of drug-likeness (QED) is 0.828. The monoisotopic (exact) mass is 291 g/mol. The molecule has 0 aromatic heterocycles. The highest BCUT2D eigenvalue weighted by Crippen LogP contribution is 2.29. The summed E-state index contributed by atoms with van der Waals surface area (Å²) >= 11 is 3.04. The molecule has 0 aliphatic heterocycles. The van der Waals surface area contributed by atoms with Crippen molar-refractivity contribution < 1.29 is 8.78 Å². The van der Waals surface area contributed by atoms with Crippen LogP contribution in [0.5, 0.6) is 0 Å². The molecule has 0 amide bonds. The lowest BCUT2D eigenvalue weighted by Crippen LogP contribution is -2.12. The minimum absolute atomic E-state index is 0.142. The van der Waals surface area contributed by atoms with Crippen molar-refractivity contribution in [2.75, 3.05) is 0 Å². The first kappa shape index (κ1) is 13.6. The summed E-state index contributed by atoms with van der Waals surface area (Å²) < 4.78 is 26.3. The van der Waals surface area contributed by atoms with E-state index in [9.17, 15) is 8.78 Å². The SMILES string of the molecule is CC(C)CCC(N)c1ccc(F)c(F)c1Br. The molecule has 0 aliphatic rings. The summed E-state index contributed by atoms with van der Waals surface area (Å²) in [6, 6.07) is 2.39. The zero-order valence-electron chi connectivity index (χ0n) is 9.43. The van der Waals surface area contributed by atoms with Crippen molar-refractivity contribution in [1.82, 2.24) is 0 Å². The fourth-order valence-electron chi connectivity index (χ4n) is 1.50. The number of halogens is 3. The Morgan fingerprint density at radius 3 is 2.44 bits per heavy atom. The third kappa shape index (κ3) is 3.25. The van der Waals surface area contributed by atoms with Crippen LogP contribution in [0.15, 0.2) is 16.6 Å². The molecule has 0 bridgehead atoms. The Bertz CT molecular complexity index is 366. The Kier molecular flexibility index (Phi) is 4.87. The molecule has 0 saturated carbocycles. The van der Waals surface area contributed by atoms with E-state index in [1.165, 1.54) is 6.07 Å². The van der Waals surface area contributed by atoms with Gasteiger partial charge in [0.15, 0.2) is 11.6 Å². The van der Waals surface area contributed by atoms with Crippen LogP contribution in [0, 0.1) is 17.6 Å². The van der Waals surface area contributed by atoms with Crippen molar-refractivity contribution in [2.24, 2.45) is 11.7 Å². The molecule has 2 N–H and O–H groups in total. The highest BCUT2D eigenvalue weighted by atomic mass is 79.9. The first-order chi connectivity index (χ1) is 7.43. The molecule has 1 rings (SSSR count). The van der Waals surface area contributed by atoms with Gasteiger partial charge in [-0.1, -0.05) is 19.9 Å². The Balaban J connectivity index is 2.84. The summed E-state index contributed by atoms with van der Waals surface area (Å²) in [5.41, 5.74) is 6.57. The van der Waals surface area contributed by atoms with Crippen LogP contribution in [0.1, 0.15) is 38.3 Å². The molecule has 0 saturated heterocycles. The Morgan fingerprint density at radius 1 is 1.25 bits per heavy atom. The van der Waals surface area contributed by atoms with E-state index in [0.29, 0.717) is 11.5 Å². The van der Waals surface area contributed by atoms with Crippen LogP contribution in [0.25, 0.3) is 0 Å². The summed E-state index contributed by atoms with van der Waals surface area (Å²) in [5.74, 6) is -1.17. The first-order valence-electron chi connectivity index (χ1n) is 5.32. The van der Waals surface area contributed by atoms with Crippen molar-refractivity contribution in [1.29, 1.82) is 0 Å². The molecular formula is C12H16BrF2N. The molecule has 1 nitrogen and oxygen atoms in total. The molecule has 0 radical (unpaired) electrons. The second-order valence-corrected chi connectivity index (χ2v) is 5.14. The zero-order chi connectivity index (χ0) is 12.3. The van der Waals surface area contributed by atoms with E-state index in [-0.39, 0.29) is 10.5 Å². The lowest BCUT2D eigenvalue weighted by molar-refractivity contribution is 0.486. The van der Waals surface area contributed by atoms with Crippen molar-refractivity contribution in [2.45, 2.75) is 32.7 Å². The number of nitrogens with two attached hydrogens (primary N) is 1. The largest absolute Gasteiger partial charge is 0.324 e. The molecule has 0 aliphatic carbocycles. The van der Waals surface area contributed by atoms with E-state index >= 15 is 0 Å². The third-order valence-corrected chi connectivity index (χ3v) is 3.33. The highest BCUT2D eigenvalue weighted by molar-refractivity contribution is 9.10. The topological polar surface area (TPSA) is 26.0 Å². The van der Waals surface area contributed by atoms with Gasteiger partial charge < -0.3 is 5.73 Å². The van der Waals surface area contributed by atoms with Gasteiger partial charge in [0.05, 0.1) is 4.47 Å². The molecule has 1 aromatic carbocycles. The molecule has 0 heterocycles. The lowest BCUT2D eigenvalue weighted by atomic mass is 9.98. The van der Waals surface area contributed by atoms with Gasteiger partial charge in [-0.3, -0.25) is 0 Å². The van der Waals surface area contributed by atoms with Crippen LogP contribution in [0.3, 0.4) is 0 Å². The zero-order valence-corrected chi connectivity index (χ0v) is 11.0. The Hall–Kier alpha value is -0.480. The van der Waals surface area contributed by atoms with Gasteiger partial charge in [-0.25, -0.2) is 8.78 Å². The predicted molar refractivity (Wildman–Crippen MR) is 65.1 cm³/mol. The minimum Gasteiger partial charge on any atom is -0.324 e. The average Bonchev–Trinajstić information content (AvgIpc) is 2.23. The number of hydrogen-bond donors (Lipinski definition) is 1. The first-order valence-corrected chi connectivity index (χ1v) is 6.11. The average molecular weight is 292 g/mol. The van der Waals surface area contributed by atoms with E-state index in [0.717, 1.165) is 18.9 Å². The molecule has 1 unspecified atom stereocenters. The van der Waals surface area contributed by atoms with Crippen LogP contribution in [0.2, 0.25) is 0 Å². The minimum atomic E-state index is -0.863. The standard InChI is InChI=1S/C12H16BrF2N/c1-7(2)3-6-10(16)8-4-5-9(14)12(15)11(8)13/h4-5,7,10H,3,6,16H2,1-2H3. The normalized spacial score (nSPS) is 13.2. The fourth-order valence-corrected chi connectivity index (χ4v) is 2.11. The molecule has 1 aromatic rings. The second-order valence-electron chi connectivity index (χ2n) is 4.34. The summed E-state index contributed by atoms with van der Waals surface area (Å²) in [5, 5.41) is 0. The van der Waals surface area contributed by atoms with Crippen molar-refractivity contribution in [3.05, 3.63) is 33.8 Å². The third-order valence-electron chi connectivity index (χ3n) is 2.52. The fraction of sp³-hybridized carbons (Fsp3) is 0.500. The van der Waals surface area contributed by atoms with Crippen molar-refractivity contribution in [3.63, 3.8) is 0 Å². The van der Waals surface area contributed by atoms with Gasteiger partial charge in [0.25, 0.3) is 0 Å². The van der Waals surface area contributed by atoms with Gasteiger partial charge in [-0.05, 0) is 46.3 Å². The lowest BCUT2D eigenvalue weighted by Gasteiger charge is -2.15. The van der Waals surface area contributed by atoms with Gasteiger partial charge in [-0.2, -0.15) is 0 Å². The van der Waals surface area contributed by atoms with E-state index in [2.05, 4.69) is 29.8 Å². The maximum absolute atomic E-state index is 13.3. The number of rotatable bonds is 4. The van der Waals surface area contributed by atoms with Gasteiger partial charge in [0.1, 0.15) is 0 Å². The van der Waals surface area contributed by atoms with Crippen LogP contribution in [-0.4, -0.2) is 0 Å². The van der Waals surface area contributed by atoms with Crippen LogP contribution in [-0.2, 0) is 0 Å². The van der Waals surface area contributed by atoms with Crippen LogP contribution in [0.4, 0.5) is 8.78 Å². The van der Waals surface area contributed by atoms with E-state index in [4.69, 9.17) is 5.73 Å². The van der Waals surface area contributed by atoms with Crippen molar-refractivity contribution >= 4 is 15.9 Å². The van der Waals surface area contributed by atoms with E-state index in [1.54, 1.807) is 0 Å². The smallest absolute Gasteiger partial charge is 0.173 e. The molecule has 1 atom stereocenters. The number of benzene rings is 1. The molecule has 16 heavy (non-hydrogen) atoms. The van der Waals surface area contributed by atoms with Crippen LogP contribution < -0.4 is 5.73 Å². The van der Waals surface area contributed by atoms with Gasteiger partial charge in [0, 0.05) is 6.04 Å². The van der Waals surface area contributed by atoms with E-state index in [1.807, 2.05) is 0 Å². The molecule has 4 heteroatoms. The summed E-state index contributed by atoms with van der Waals surface area (Å²) in [6.45, 7) is 4.21. The van der Waals surface area contributed by atoms with Crippen molar-refractivity contribution in [3.8, 4) is 0 Å². The molecular weight excluding hydrogens is 276 g/mol. The summed E-state index contributed by atoms with van der Waals surface area (Å²) in [4.78, 5) is 0. The molecule has 0 fully saturated rings. The molecule has 0 spiro atoms. The summed E-state index contributed by atoms with van der Waals surface area (Å²) in [7, 11) is 0. The Labute approximate surface area is 103 Å². The van der Waals surface area contributed by atoms with Gasteiger partial charge in [-0.15, -0.1) is 0 Å². The maximum atomic E-state index is 13.3.